The number of hydrogen-bond acceptors (Lipinski definition) is 7. The van der Waals surface area contributed by atoms with Crippen LogP contribution in [0.2, 0.25) is 0 Å². The number of nitrogens with one attached hydrogen (secondary N) is 4. The van der Waals surface area contributed by atoms with Crippen LogP contribution in [0.3, 0.4) is 0 Å². The van der Waals surface area contributed by atoms with Gasteiger partial charge in [0.1, 0.15) is 18.1 Å². The fraction of sp³-hybridized carbons (Fsp3) is 0.733. The summed E-state index contributed by atoms with van der Waals surface area (Å²) in [7, 11) is 0. The smallest absolute Gasteiger partial charge is 0.316 e. The Labute approximate surface area is 254 Å². The molecule has 0 bridgehead atoms. The largest absolute Gasteiger partial charge is 0.378 e. The number of carbonyl (C=O) groups excluding carboxylic acids is 6. The van der Waals surface area contributed by atoms with Crippen LogP contribution in [-0.4, -0.2) is 109 Å². The highest BCUT2D eigenvalue weighted by Crippen LogP contribution is 2.32. The molecule has 0 aromatic heterocycles. The molecule has 0 radical (unpaired) electrons. The van der Waals surface area contributed by atoms with Crippen LogP contribution in [0.5, 0.6) is 0 Å². The van der Waals surface area contributed by atoms with Crippen molar-refractivity contribution in [3.8, 4) is 0 Å². The molecule has 242 valence electrons. The van der Waals surface area contributed by atoms with Crippen LogP contribution in [0, 0.1) is 17.3 Å². The summed E-state index contributed by atoms with van der Waals surface area (Å²) in [6.45, 7) is 18.3. The second-order valence-electron chi connectivity index (χ2n) is 12.6. The molecule has 2 saturated heterocycles. The predicted octanol–water partition coefficient (Wildman–Crippen LogP) is 0.587. The molecule has 2 aliphatic heterocycles. The molecule has 0 aliphatic carbocycles. The fourth-order valence-electron chi connectivity index (χ4n) is 5.32. The summed E-state index contributed by atoms with van der Waals surface area (Å²) in [5.41, 5.74) is -0.744. The zero-order valence-electron chi connectivity index (χ0n) is 26.7. The molecule has 13 nitrogen and oxygen atoms in total. The summed E-state index contributed by atoms with van der Waals surface area (Å²) in [6.07, 6.45) is 2.25. The molecule has 2 fully saturated rings. The van der Waals surface area contributed by atoms with Crippen molar-refractivity contribution in [1.82, 2.24) is 31.1 Å². The van der Waals surface area contributed by atoms with E-state index in [1.807, 2.05) is 20.8 Å². The third-order valence-corrected chi connectivity index (χ3v) is 8.04. The van der Waals surface area contributed by atoms with Crippen molar-refractivity contribution in [2.24, 2.45) is 17.3 Å². The molecule has 0 spiro atoms. The molecule has 0 aromatic carbocycles. The van der Waals surface area contributed by atoms with Gasteiger partial charge in [0, 0.05) is 26.2 Å². The lowest BCUT2D eigenvalue weighted by atomic mass is 9.85. The highest BCUT2D eigenvalue weighted by Gasteiger charge is 2.48. The first-order valence-corrected chi connectivity index (χ1v) is 15.1. The Balaban J connectivity index is 2.21. The summed E-state index contributed by atoms with van der Waals surface area (Å²) in [5.74, 6) is -3.11. The number of urea groups is 1. The monoisotopic (exact) mass is 606 g/mol. The molecule has 6 unspecified atom stereocenters. The van der Waals surface area contributed by atoms with Crippen LogP contribution in [-0.2, 0) is 28.7 Å². The number of carbonyl (C=O) groups is 6. The van der Waals surface area contributed by atoms with Gasteiger partial charge in [0.05, 0.1) is 19.3 Å². The van der Waals surface area contributed by atoms with E-state index < -0.39 is 59.1 Å². The lowest BCUT2D eigenvalue weighted by molar-refractivity contribution is -0.144. The van der Waals surface area contributed by atoms with E-state index in [1.54, 1.807) is 32.6 Å². The van der Waals surface area contributed by atoms with Gasteiger partial charge in [-0.1, -0.05) is 54.0 Å². The number of amides is 6. The zero-order chi connectivity index (χ0) is 32.5. The highest BCUT2D eigenvalue weighted by molar-refractivity contribution is 6.38. The van der Waals surface area contributed by atoms with Crippen LogP contribution < -0.4 is 21.3 Å². The Hall–Kier alpha value is -3.48. The Morgan fingerprint density at radius 3 is 2.19 bits per heavy atom. The highest BCUT2D eigenvalue weighted by atomic mass is 16.5. The lowest BCUT2D eigenvalue weighted by Gasteiger charge is -2.36. The number of ketones is 1. The minimum Gasteiger partial charge on any atom is -0.378 e. The van der Waals surface area contributed by atoms with Crippen LogP contribution in [0.25, 0.3) is 0 Å². The Kier molecular flexibility index (Phi) is 13.2. The summed E-state index contributed by atoms with van der Waals surface area (Å²) >= 11 is 0. The molecule has 0 saturated carbocycles. The van der Waals surface area contributed by atoms with Crippen LogP contribution in [0.15, 0.2) is 12.7 Å². The Bertz CT molecular complexity index is 1050. The maximum Gasteiger partial charge on any atom is 0.316 e. The average molecular weight is 607 g/mol. The van der Waals surface area contributed by atoms with Gasteiger partial charge in [0.15, 0.2) is 0 Å². The summed E-state index contributed by atoms with van der Waals surface area (Å²) in [5, 5.41) is 10.6. The molecule has 2 rings (SSSR count). The minimum absolute atomic E-state index is 0.0449. The molecular formula is C30H50N6O7. The molecule has 4 N–H and O–H groups in total. The van der Waals surface area contributed by atoms with Crippen LogP contribution in [0.1, 0.15) is 61.3 Å². The van der Waals surface area contributed by atoms with Gasteiger partial charge in [-0.3, -0.25) is 24.0 Å². The third kappa shape index (κ3) is 9.50. The van der Waals surface area contributed by atoms with Crippen molar-refractivity contribution in [3.05, 3.63) is 12.7 Å². The van der Waals surface area contributed by atoms with E-state index in [1.165, 1.54) is 11.0 Å². The SMILES string of the molecule is C=CCNC(=O)C(=O)C(CCC)NC(=O)C1C(C)C(C)CN1C(=O)C(NC(=O)NC(C)C(=O)N1CCOCC1)C(C)(C)C. The standard InChI is InChI=1S/C30H50N6O7/c1-9-11-21(23(37)26(39)31-12-10-2)33-25(38)22-19(4)18(3)17-36(22)28(41)24(30(6,7)8)34-29(42)32-20(5)27(40)35-13-15-43-16-14-35/h10,18-22,24H,2,9,11-17H2,1,3-8H3,(H,31,39)(H,33,38)(H2,32,34,42). The first-order valence-electron chi connectivity index (χ1n) is 15.1. The van der Waals surface area contributed by atoms with Gasteiger partial charge >= 0.3 is 6.03 Å². The molecule has 2 heterocycles. The maximum absolute atomic E-state index is 14.0. The summed E-state index contributed by atoms with van der Waals surface area (Å²) < 4.78 is 5.28. The Morgan fingerprint density at radius 2 is 1.63 bits per heavy atom. The zero-order valence-corrected chi connectivity index (χ0v) is 26.7. The van der Waals surface area contributed by atoms with Crippen LogP contribution >= 0.6 is 0 Å². The van der Waals surface area contributed by atoms with E-state index in [0.717, 1.165) is 0 Å². The number of likely N-dealkylation sites (tertiary alicyclic amines) is 1. The van der Waals surface area contributed by atoms with Crippen molar-refractivity contribution < 1.29 is 33.5 Å². The number of ether oxygens (including phenoxy) is 1. The molecule has 13 heteroatoms. The number of morpholine rings is 1. The summed E-state index contributed by atoms with van der Waals surface area (Å²) in [6, 6.07) is -4.49. The Morgan fingerprint density at radius 1 is 1.00 bits per heavy atom. The van der Waals surface area contributed by atoms with Gasteiger partial charge in [-0.15, -0.1) is 6.58 Å². The van der Waals surface area contributed by atoms with Gasteiger partial charge in [0.2, 0.25) is 23.5 Å². The number of nitrogens with zero attached hydrogens (tertiary/aromatic N) is 2. The van der Waals surface area contributed by atoms with E-state index in [2.05, 4.69) is 27.8 Å². The van der Waals surface area contributed by atoms with E-state index in [9.17, 15) is 28.8 Å². The van der Waals surface area contributed by atoms with Crippen molar-refractivity contribution in [2.45, 2.75) is 85.5 Å². The predicted molar refractivity (Wildman–Crippen MR) is 161 cm³/mol. The fourth-order valence-corrected chi connectivity index (χ4v) is 5.32. The minimum atomic E-state index is -1.05. The molecule has 43 heavy (non-hydrogen) atoms. The van der Waals surface area contributed by atoms with E-state index in [4.69, 9.17) is 4.74 Å². The molecule has 2 aliphatic rings. The van der Waals surface area contributed by atoms with Gasteiger partial charge in [-0.05, 0) is 30.6 Å². The van der Waals surface area contributed by atoms with Crippen molar-refractivity contribution in [2.75, 3.05) is 39.4 Å². The van der Waals surface area contributed by atoms with Crippen molar-refractivity contribution >= 4 is 35.4 Å². The van der Waals surface area contributed by atoms with Gasteiger partial charge in [-0.2, -0.15) is 0 Å². The molecule has 6 amide bonds. The van der Waals surface area contributed by atoms with E-state index in [-0.39, 0.29) is 37.3 Å². The molecular weight excluding hydrogens is 556 g/mol. The lowest BCUT2D eigenvalue weighted by Crippen LogP contribution is -2.61. The van der Waals surface area contributed by atoms with Gasteiger partial charge in [-0.25, -0.2) is 4.79 Å². The van der Waals surface area contributed by atoms with Crippen molar-refractivity contribution in [3.63, 3.8) is 0 Å². The number of Topliss-reactive ketones (excluding diaryl/α,β-unsaturated/α-hetero) is 1. The first-order chi connectivity index (χ1) is 20.1. The van der Waals surface area contributed by atoms with E-state index >= 15 is 0 Å². The normalized spacial score (nSPS) is 22.5. The first kappa shape index (κ1) is 35.7. The van der Waals surface area contributed by atoms with E-state index in [0.29, 0.717) is 32.7 Å². The van der Waals surface area contributed by atoms with Gasteiger partial charge in [0.25, 0.3) is 5.91 Å². The second-order valence-corrected chi connectivity index (χ2v) is 12.6. The number of hydrogen-bond donors (Lipinski definition) is 4. The second kappa shape index (κ2) is 15.8. The van der Waals surface area contributed by atoms with Crippen LogP contribution in [0.4, 0.5) is 4.79 Å². The quantitative estimate of drug-likeness (QED) is 0.186. The molecule has 0 aromatic rings. The average Bonchev–Trinajstić information content (AvgIpc) is 3.26. The van der Waals surface area contributed by atoms with Crippen molar-refractivity contribution in [1.29, 1.82) is 0 Å². The maximum atomic E-state index is 14.0. The topological polar surface area (TPSA) is 166 Å². The molecule has 6 atom stereocenters. The third-order valence-electron chi connectivity index (χ3n) is 8.04. The van der Waals surface area contributed by atoms with Gasteiger partial charge < -0.3 is 35.8 Å². The number of rotatable bonds is 12. The summed E-state index contributed by atoms with van der Waals surface area (Å²) in [4.78, 5) is 81.7.